The average Bonchev–Trinajstić information content (AvgIpc) is 3.36. The number of fused-ring (bicyclic) bond motifs is 1. The van der Waals surface area contributed by atoms with Gasteiger partial charge in [0.05, 0.1) is 28.6 Å². The van der Waals surface area contributed by atoms with Gasteiger partial charge in [-0.2, -0.15) is 0 Å². The van der Waals surface area contributed by atoms with Crippen molar-refractivity contribution in [1.29, 1.82) is 0 Å². The van der Waals surface area contributed by atoms with E-state index in [-0.39, 0.29) is 31.1 Å². The maximum Gasteiger partial charge on any atom is 0.250 e. The zero-order valence-corrected chi connectivity index (χ0v) is 17.7. The van der Waals surface area contributed by atoms with Gasteiger partial charge < -0.3 is 25.4 Å². The molecule has 0 aliphatic carbocycles. The fraction of sp³-hybridized carbons (Fsp3) is 0.571. The van der Waals surface area contributed by atoms with Gasteiger partial charge in [-0.15, -0.1) is 0 Å². The molecule has 5 atom stereocenters. The van der Waals surface area contributed by atoms with Crippen molar-refractivity contribution >= 4 is 35.0 Å². The third kappa shape index (κ3) is 3.01. The number of rotatable bonds is 6. The van der Waals surface area contributed by atoms with Crippen LogP contribution in [-0.2, 0) is 19.1 Å². The Hall–Kier alpha value is -2.16. The van der Waals surface area contributed by atoms with Crippen LogP contribution in [0.25, 0.3) is 0 Å². The van der Waals surface area contributed by atoms with E-state index in [0.717, 1.165) is 5.56 Å². The summed E-state index contributed by atoms with van der Waals surface area (Å²) in [6, 6.07) is 4.43. The van der Waals surface area contributed by atoms with Gasteiger partial charge in [-0.3, -0.25) is 14.4 Å². The molecule has 3 heterocycles. The van der Waals surface area contributed by atoms with E-state index in [1.807, 2.05) is 13.0 Å². The molecule has 3 aliphatic heterocycles. The minimum Gasteiger partial charge on any atom is -0.396 e. The molecular weight excluding hydrogens is 410 g/mol. The monoisotopic (exact) mass is 435 g/mol. The van der Waals surface area contributed by atoms with E-state index in [1.165, 1.54) is 11.9 Å². The van der Waals surface area contributed by atoms with Crippen LogP contribution in [0.2, 0.25) is 5.02 Å². The van der Waals surface area contributed by atoms with Crippen LogP contribution in [0.5, 0.6) is 0 Å². The predicted octanol–water partition coefficient (Wildman–Crippen LogP) is 1.09. The molecule has 8 nitrogen and oxygen atoms in total. The second-order valence-electron chi connectivity index (χ2n) is 8.20. The molecule has 1 spiro atoms. The Balaban J connectivity index is 1.72. The van der Waals surface area contributed by atoms with Gasteiger partial charge in [-0.25, -0.2) is 0 Å². The van der Waals surface area contributed by atoms with Crippen LogP contribution in [0, 0.1) is 18.8 Å². The van der Waals surface area contributed by atoms with Crippen LogP contribution in [0.4, 0.5) is 5.69 Å². The Kier molecular flexibility index (Phi) is 5.50. The average molecular weight is 436 g/mol. The van der Waals surface area contributed by atoms with Gasteiger partial charge in [0, 0.05) is 20.2 Å². The number of aliphatic hydroxyl groups excluding tert-OH is 1. The molecule has 162 valence electrons. The number of carbonyl (C=O) groups is 3. The topological polar surface area (TPSA) is 108 Å². The Morgan fingerprint density at radius 2 is 2.13 bits per heavy atom. The largest absolute Gasteiger partial charge is 0.396 e. The summed E-state index contributed by atoms with van der Waals surface area (Å²) in [5.74, 6) is -2.23. The van der Waals surface area contributed by atoms with Gasteiger partial charge >= 0.3 is 0 Å². The van der Waals surface area contributed by atoms with Crippen molar-refractivity contribution in [3.63, 3.8) is 0 Å². The smallest absolute Gasteiger partial charge is 0.250 e. The highest BCUT2D eigenvalue weighted by atomic mass is 35.5. The number of benzene rings is 1. The summed E-state index contributed by atoms with van der Waals surface area (Å²) in [7, 11) is 1.54. The lowest BCUT2D eigenvalue weighted by Gasteiger charge is -2.33. The highest BCUT2D eigenvalue weighted by Gasteiger charge is 2.74. The molecular formula is C21H26ClN3O5. The molecule has 3 fully saturated rings. The first-order chi connectivity index (χ1) is 14.4. The number of amides is 3. The zero-order chi connectivity index (χ0) is 21.6. The fourth-order valence-corrected chi connectivity index (χ4v) is 5.65. The van der Waals surface area contributed by atoms with Crippen molar-refractivity contribution < 1.29 is 24.2 Å². The van der Waals surface area contributed by atoms with Gasteiger partial charge in [0.25, 0.3) is 0 Å². The molecule has 2 unspecified atom stereocenters. The highest BCUT2D eigenvalue weighted by molar-refractivity contribution is 6.34. The van der Waals surface area contributed by atoms with Crippen molar-refractivity contribution in [2.75, 3.05) is 25.5 Å². The normalized spacial score (nSPS) is 31.7. The SMILES string of the molecule is CNC(=O)[C@@H]1[C@@H]2CCC3(O2)C(C(=O)Nc2c(C)cccc2Cl)N(CCCO)C(=O)[C@H]13. The van der Waals surface area contributed by atoms with Crippen molar-refractivity contribution in [3.8, 4) is 0 Å². The summed E-state index contributed by atoms with van der Waals surface area (Å²) in [4.78, 5) is 40.9. The number of nitrogens with zero attached hydrogens (tertiary/aromatic N) is 1. The Bertz CT molecular complexity index is 873. The first-order valence-corrected chi connectivity index (χ1v) is 10.6. The number of ether oxygens (including phenoxy) is 1. The summed E-state index contributed by atoms with van der Waals surface area (Å²) < 4.78 is 6.25. The van der Waals surface area contributed by atoms with E-state index in [9.17, 15) is 19.5 Å². The highest BCUT2D eigenvalue weighted by Crippen LogP contribution is 2.58. The lowest BCUT2D eigenvalue weighted by Crippen LogP contribution is -2.53. The number of hydrogen-bond donors (Lipinski definition) is 3. The first-order valence-electron chi connectivity index (χ1n) is 10.2. The molecule has 1 aromatic rings. The maximum absolute atomic E-state index is 13.5. The molecule has 3 saturated heterocycles. The molecule has 1 aromatic carbocycles. The van der Waals surface area contributed by atoms with E-state index >= 15 is 0 Å². The van der Waals surface area contributed by atoms with Crippen molar-refractivity contribution in [1.82, 2.24) is 10.2 Å². The summed E-state index contributed by atoms with van der Waals surface area (Å²) in [6.07, 6.45) is 1.09. The van der Waals surface area contributed by atoms with Crippen LogP contribution >= 0.6 is 11.6 Å². The predicted molar refractivity (Wildman–Crippen MR) is 110 cm³/mol. The lowest BCUT2D eigenvalue weighted by atomic mass is 9.70. The molecule has 30 heavy (non-hydrogen) atoms. The Morgan fingerprint density at radius 1 is 1.37 bits per heavy atom. The molecule has 4 rings (SSSR count). The molecule has 3 aliphatic rings. The number of halogens is 1. The molecule has 9 heteroatoms. The van der Waals surface area contributed by atoms with Crippen molar-refractivity contribution in [2.24, 2.45) is 11.8 Å². The third-order valence-corrected chi connectivity index (χ3v) is 6.94. The molecule has 3 N–H and O–H groups in total. The third-order valence-electron chi connectivity index (χ3n) is 6.62. The fourth-order valence-electron chi connectivity index (χ4n) is 5.38. The van der Waals surface area contributed by atoms with Gasteiger partial charge in [-0.05, 0) is 37.8 Å². The lowest BCUT2D eigenvalue weighted by molar-refractivity contribution is -0.140. The molecule has 2 bridgehead atoms. The second kappa shape index (κ2) is 7.83. The number of aliphatic hydroxyl groups is 1. The van der Waals surface area contributed by atoms with Gasteiger partial charge in [0.15, 0.2) is 0 Å². The van der Waals surface area contributed by atoms with E-state index in [2.05, 4.69) is 10.6 Å². The number of aryl methyl sites for hydroxylation is 1. The number of likely N-dealkylation sites (tertiary alicyclic amines) is 1. The molecule has 3 amide bonds. The number of anilines is 1. The quantitative estimate of drug-likeness (QED) is 0.620. The van der Waals surface area contributed by atoms with Crippen molar-refractivity contribution in [2.45, 2.75) is 43.9 Å². The number of hydrogen-bond acceptors (Lipinski definition) is 5. The molecule has 0 radical (unpaired) electrons. The second-order valence-corrected chi connectivity index (χ2v) is 8.61. The minimum absolute atomic E-state index is 0.109. The van der Waals surface area contributed by atoms with Crippen LogP contribution in [0.15, 0.2) is 18.2 Å². The van der Waals surface area contributed by atoms with E-state index < -0.39 is 29.4 Å². The van der Waals surface area contributed by atoms with Crippen LogP contribution in [-0.4, -0.2) is 65.7 Å². The van der Waals surface area contributed by atoms with Gasteiger partial charge in [0.1, 0.15) is 11.6 Å². The zero-order valence-electron chi connectivity index (χ0n) is 17.0. The number of para-hydroxylation sites is 1. The van der Waals surface area contributed by atoms with Crippen LogP contribution in [0.1, 0.15) is 24.8 Å². The number of carbonyl (C=O) groups excluding carboxylic acids is 3. The van der Waals surface area contributed by atoms with Crippen LogP contribution in [0.3, 0.4) is 0 Å². The Labute approximate surface area is 179 Å². The first kappa shape index (κ1) is 21.1. The van der Waals surface area contributed by atoms with E-state index in [0.29, 0.717) is 30.0 Å². The van der Waals surface area contributed by atoms with Crippen LogP contribution < -0.4 is 10.6 Å². The van der Waals surface area contributed by atoms with E-state index in [4.69, 9.17) is 16.3 Å². The molecule has 0 saturated carbocycles. The minimum atomic E-state index is -1.05. The maximum atomic E-state index is 13.5. The standard InChI is InChI=1S/C21H26ClN3O5/c1-11-5-3-6-12(22)16(11)24-19(28)17-21-8-7-13(30-21)14(18(27)23-2)15(21)20(29)25(17)9-4-10-26/h3,5-6,13-15,17,26H,4,7-10H2,1-2H3,(H,23,27)(H,24,28)/t13-,14+,15-,17?,21?/m0/s1. The molecule has 0 aromatic heterocycles. The number of nitrogens with one attached hydrogen (secondary N) is 2. The Morgan fingerprint density at radius 3 is 2.80 bits per heavy atom. The summed E-state index contributed by atoms with van der Waals surface area (Å²) in [5, 5.41) is 15.2. The van der Waals surface area contributed by atoms with Gasteiger partial charge in [0.2, 0.25) is 17.7 Å². The summed E-state index contributed by atoms with van der Waals surface area (Å²) >= 11 is 6.29. The van der Waals surface area contributed by atoms with Crippen molar-refractivity contribution in [3.05, 3.63) is 28.8 Å². The summed E-state index contributed by atoms with van der Waals surface area (Å²) in [6.45, 7) is 1.94. The summed E-state index contributed by atoms with van der Waals surface area (Å²) in [5.41, 5.74) is 0.248. The van der Waals surface area contributed by atoms with E-state index in [1.54, 1.807) is 12.1 Å². The van der Waals surface area contributed by atoms with Gasteiger partial charge in [-0.1, -0.05) is 23.7 Å².